The van der Waals surface area contributed by atoms with Crippen molar-refractivity contribution in [2.24, 2.45) is 7.05 Å². The Morgan fingerprint density at radius 3 is 2.95 bits per heavy atom. The molecule has 100 valence electrons. The first-order valence-electron chi connectivity index (χ1n) is 6.83. The molecule has 0 spiro atoms. The van der Waals surface area contributed by atoms with Crippen LogP contribution in [0.5, 0.6) is 0 Å². The van der Waals surface area contributed by atoms with Gasteiger partial charge in [0.05, 0.1) is 5.69 Å². The number of hydrogen-bond donors (Lipinski definition) is 2. The Labute approximate surface area is 113 Å². The van der Waals surface area contributed by atoms with Crippen molar-refractivity contribution in [1.82, 2.24) is 14.9 Å². The number of nitrogens with one attached hydrogen (secondary N) is 1. The first-order chi connectivity index (χ1) is 9.25. The molecular weight excluding hydrogens is 236 g/mol. The molecule has 1 aliphatic heterocycles. The van der Waals surface area contributed by atoms with E-state index in [1.54, 1.807) is 0 Å². The third-order valence-corrected chi connectivity index (χ3v) is 3.89. The molecule has 0 bridgehead atoms. The Bertz CT molecular complexity index is 586. The van der Waals surface area contributed by atoms with Gasteiger partial charge in [-0.25, -0.2) is 4.98 Å². The van der Waals surface area contributed by atoms with Gasteiger partial charge in [0.1, 0.15) is 5.82 Å². The number of nitrogen functional groups attached to an aromatic ring is 1. The standard InChI is InChI=1S/C15H20N4/c1-19-14-8-9-17-10-13(14)18-15(19)7-6-11-4-2-3-5-12(11)16/h2-5,17H,6-10,16H2,1H3. The number of benzene rings is 1. The average Bonchev–Trinajstić information content (AvgIpc) is 2.75. The Balaban J connectivity index is 1.77. The van der Waals surface area contributed by atoms with Crippen LogP contribution in [-0.4, -0.2) is 16.1 Å². The first kappa shape index (κ1) is 12.2. The summed E-state index contributed by atoms with van der Waals surface area (Å²) in [6, 6.07) is 8.07. The van der Waals surface area contributed by atoms with Crippen molar-refractivity contribution in [3.63, 3.8) is 0 Å². The zero-order valence-corrected chi connectivity index (χ0v) is 11.3. The molecule has 4 heteroatoms. The number of aryl methyl sites for hydroxylation is 2. The molecule has 0 saturated heterocycles. The fourth-order valence-electron chi connectivity index (χ4n) is 2.74. The highest BCUT2D eigenvalue weighted by molar-refractivity contribution is 5.46. The molecule has 0 unspecified atom stereocenters. The molecule has 0 saturated carbocycles. The van der Waals surface area contributed by atoms with E-state index in [9.17, 15) is 0 Å². The molecule has 0 amide bonds. The number of fused-ring (bicyclic) bond motifs is 1. The van der Waals surface area contributed by atoms with Crippen molar-refractivity contribution >= 4 is 5.69 Å². The van der Waals surface area contributed by atoms with Crippen molar-refractivity contribution in [3.05, 3.63) is 47.0 Å². The highest BCUT2D eigenvalue weighted by Crippen LogP contribution is 2.18. The molecule has 1 aromatic carbocycles. The summed E-state index contributed by atoms with van der Waals surface area (Å²) in [6.07, 6.45) is 2.97. The number of imidazole rings is 1. The van der Waals surface area contributed by atoms with Crippen LogP contribution in [0.1, 0.15) is 22.8 Å². The highest BCUT2D eigenvalue weighted by Gasteiger charge is 2.17. The molecule has 0 fully saturated rings. The number of hydrogen-bond acceptors (Lipinski definition) is 3. The fourth-order valence-corrected chi connectivity index (χ4v) is 2.74. The van der Waals surface area contributed by atoms with E-state index in [-0.39, 0.29) is 0 Å². The van der Waals surface area contributed by atoms with Crippen LogP contribution in [0.4, 0.5) is 5.69 Å². The normalized spacial score (nSPS) is 14.4. The molecule has 3 N–H and O–H groups in total. The van der Waals surface area contributed by atoms with Crippen LogP contribution in [0, 0.1) is 0 Å². The zero-order chi connectivity index (χ0) is 13.2. The second-order valence-electron chi connectivity index (χ2n) is 5.11. The lowest BCUT2D eigenvalue weighted by atomic mass is 10.1. The lowest BCUT2D eigenvalue weighted by molar-refractivity contribution is 0.610. The number of nitrogens with two attached hydrogens (primary N) is 1. The van der Waals surface area contributed by atoms with E-state index < -0.39 is 0 Å². The summed E-state index contributed by atoms with van der Waals surface area (Å²) < 4.78 is 2.26. The van der Waals surface area contributed by atoms with Crippen LogP contribution in [-0.2, 0) is 32.9 Å². The van der Waals surface area contributed by atoms with Gasteiger partial charge in [-0.1, -0.05) is 18.2 Å². The van der Waals surface area contributed by atoms with Gasteiger partial charge in [-0.05, 0) is 18.1 Å². The topological polar surface area (TPSA) is 55.9 Å². The van der Waals surface area contributed by atoms with E-state index in [1.807, 2.05) is 18.2 Å². The third-order valence-electron chi connectivity index (χ3n) is 3.89. The van der Waals surface area contributed by atoms with Crippen molar-refractivity contribution in [2.75, 3.05) is 12.3 Å². The lowest BCUT2D eigenvalue weighted by Gasteiger charge is -2.13. The van der Waals surface area contributed by atoms with Crippen molar-refractivity contribution in [1.29, 1.82) is 0 Å². The largest absolute Gasteiger partial charge is 0.399 e. The molecule has 19 heavy (non-hydrogen) atoms. The van der Waals surface area contributed by atoms with E-state index in [4.69, 9.17) is 10.7 Å². The summed E-state index contributed by atoms with van der Waals surface area (Å²) in [4.78, 5) is 4.75. The minimum absolute atomic E-state index is 0.878. The zero-order valence-electron chi connectivity index (χ0n) is 11.3. The quantitative estimate of drug-likeness (QED) is 0.817. The predicted molar refractivity (Wildman–Crippen MR) is 76.9 cm³/mol. The maximum Gasteiger partial charge on any atom is 0.109 e. The number of rotatable bonds is 3. The van der Waals surface area contributed by atoms with E-state index in [2.05, 4.69) is 23.0 Å². The molecule has 1 aromatic heterocycles. The first-order valence-corrected chi connectivity index (χ1v) is 6.83. The number of anilines is 1. The second-order valence-corrected chi connectivity index (χ2v) is 5.11. The van der Waals surface area contributed by atoms with Crippen LogP contribution < -0.4 is 11.1 Å². The Kier molecular flexibility index (Phi) is 3.25. The maximum atomic E-state index is 5.98. The second kappa shape index (κ2) is 5.05. The van der Waals surface area contributed by atoms with E-state index in [1.165, 1.54) is 17.0 Å². The average molecular weight is 256 g/mol. The lowest BCUT2D eigenvalue weighted by Crippen LogP contribution is -2.24. The van der Waals surface area contributed by atoms with Crippen molar-refractivity contribution in [2.45, 2.75) is 25.8 Å². The van der Waals surface area contributed by atoms with Gasteiger partial charge in [0.25, 0.3) is 0 Å². The van der Waals surface area contributed by atoms with Gasteiger partial charge in [-0.2, -0.15) is 0 Å². The minimum atomic E-state index is 0.878. The summed E-state index contributed by atoms with van der Waals surface area (Å²) in [5, 5.41) is 3.37. The summed E-state index contributed by atoms with van der Waals surface area (Å²) >= 11 is 0. The van der Waals surface area contributed by atoms with Crippen molar-refractivity contribution < 1.29 is 0 Å². The van der Waals surface area contributed by atoms with Gasteiger partial charge >= 0.3 is 0 Å². The predicted octanol–water partition coefficient (Wildman–Crippen LogP) is 1.43. The number of nitrogens with zero attached hydrogens (tertiary/aromatic N) is 2. The van der Waals surface area contributed by atoms with E-state index >= 15 is 0 Å². The molecule has 0 atom stereocenters. The Morgan fingerprint density at radius 1 is 1.32 bits per heavy atom. The Morgan fingerprint density at radius 2 is 2.16 bits per heavy atom. The van der Waals surface area contributed by atoms with Gasteiger partial charge in [-0.15, -0.1) is 0 Å². The van der Waals surface area contributed by atoms with Gasteiger partial charge in [0, 0.05) is 44.4 Å². The molecule has 3 rings (SSSR count). The highest BCUT2D eigenvalue weighted by atomic mass is 15.1. The number of aromatic nitrogens is 2. The van der Waals surface area contributed by atoms with Gasteiger partial charge in [0.2, 0.25) is 0 Å². The molecule has 0 radical (unpaired) electrons. The van der Waals surface area contributed by atoms with Gasteiger partial charge in [0.15, 0.2) is 0 Å². The summed E-state index contributed by atoms with van der Waals surface area (Å²) in [5.74, 6) is 1.16. The monoisotopic (exact) mass is 256 g/mol. The maximum absolute atomic E-state index is 5.98. The molecule has 2 aromatic rings. The SMILES string of the molecule is Cn1c(CCc2ccccc2N)nc2c1CCNC2. The van der Waals surface area contributed by atoms with E-state index in [0.29, 0.717) is 0 Å². The molecule has 0 aliphatic carbocycles. The minimum Gasteiger partial charge on any atom is -0.399 e. The van der Waals surface area contributed by atoms with Crippen LogP contribution in [0.3, 0.4) is 0 Å². The molecular formula is C15H20N4. The van der Waals surface area contributed by atoms with E-state index in [0.717, 1.165) is 43.9 Å². The van der Waals surface area contributed by atoms with Crippen LogP contribution in [0.15, 0.2) is 24.3 Å². The molecule has 4 nitrogen and oxygen atoms in total. The molecule has 1 aliphatic rings. The smallest absolute Gasteiger partial charge is 0.109 e. The molecule has 2 heterocycles. The fraction of sp³-hybridized carbons (Fsp3) is 0.400. The van der Waals surface area contributed by atoms with Gasteiger partial charge < -0.3 is 15.6 Å². The van der Waals surface area contributed by atoms with Crippen LogP contribution in [0.25, 0.3) is 0 Å². The summed E-state index contributed by atoms with van der Waals surface area (Å²) in [6.45, 7) is 1.95. The summed E-state index contributed by atoms with van der Waals surface area (Å²) in [7, 11) is 2.13. The van der Waals surface area contributed by atoms with Crippen LogP contribution >= 0.6 is 0 Å². The third kappa shape index (κ3) is 2.36. The van der Waals surface area contributed by atoms with Crippen molar-refractivity contribution in [3.8, 4) is 0 Å². The Hall–Kier alpha value is -1.81. The van der Waals surface area contributed by atoms with Crippen LogP contribution in [0.2, 0.25) is 0 Å². The van der Waals surface area contributed by atoms with Gasteiger partial charge in [-0.3, -0.25) is 0 Å². The summed E-state index contributed by atoms with van der Waals surface area (Å²) in [5.41, 5.74) is 10.7. The number of para-hydroxylation sites is 1.